The van der Waals surface area contributed by atoms with Gasteiger partial charge in [-0.1, -0.05) is 47.6 Å². The summed E-state index contributed by atoms with van der Waals surface area (Å²) in [6, 6.07) is 18.5. The smallest absolute Gasteiger partial charge is 0.259 e. The third-order valence-electron chi connectivity index (χ3n) is 6.18. The van der Waals surface area contributed by atoms with Crippen molar-refractivity contribution >= 4 is 17.0 Å². The predicted octanol–water partition coefficient (Wildman–Crippen LogP) is 4.73. The van der Waals surface area contributed by atoms with Gasteiger partial charge in [0.25, 0.3) is 11.6 Å². The van der Waals surface area contributed by atoms with Gasteiger partial charge in [-0.15, -0.1) is 0 Å². The molecule has 1 aliphatic heterocycles. The van der Waals surface area contributed by atoms with Gasteiger partial charge in [0, 0.05) is 31.2 Å². The zero-order valence-corrected chi connectivity index (χ0v) is 18.4. The van der Waals surface area contributed by atoms with Crippen LogP contribution in [-0.2, 0) is 6.54 Å². The van der Waals surface area contributed by atoms with Gasteiger partial charge >= 0.3 is 0 Å². The van der Waals surface area contributed by atoms with Gasteiger partial charge in [-0.3, -0.25) is 9.69 Å². The van der Waals surface area contributed by atoms with Crippen LogP contribution in [0.3, 0.4) is 0 Å². The van der Waals surface area contributed by atoms with Crippen LogP contribution in [0, 0.1) is 12.7 Å². The standard InChI is InChI=1S/C26H25FN4O2/c1-17-24-21(15-23(29-26(24)33-30-17)20-9-5-6-10-22(20)27)25(32)28-19-11-13-31(14-12-19)16-18-7-3-2-4-8-18/h2-10,15,19H,11-14,16H2,1H3,(H,28,32). The average molecular weight is 445 g/mol. The Bertz CT molecular complexity index is 1280. The number of nitrogens with one attached hydrogen (secondary N) is 1. The first-order valence-corrected chi connectivity index (χ1v) is 11.2. The number of carbonyl (C=O) groups is 1. The van der Waals surface area contributed by atoms with Gasteiger partial charge in [0.15, 0.2) is 0 Å². The van der Waals surface area contributed by atoms with Gasteiger partial charge in [0.1, 0.15) is 5.82 Å². The Morgan fingerprint density at radius 3 is 2.61 bits per heavy atom. The average Bonchev–Trinajstić information content (AvgIpc) is 3.21. The lowest BCUT2D eigenvalue weighted by atomic mass is 10.0. The Balaban J connectivity index is 1.33. The molecule has 0 unspecified atom stereocenters. The molecule has 2 aromatic heterocycles. The van der Waals surface area contributed by atoms with Crippen LogP contribution in [0.1, 0.15) is 34.5 Å². The second-order valence-corrected chi connectivity index (χ2v) is 8.49. The molecule has 0 spiro atoms. The minimum atomic E-state index is -0.405. The maximum Gasteiger partial charge on any atom is 0.259 e. The highest BCUT2D eigenvalue weighted by Gasteiger charge is 2.25. The van der Waals surface area contributed by atoms with Gasteiger partial charge < -0.3 is 9.84 Å². The number of benzene rings is 2. The lowest BCUT2D eigenvalue weighted by Crippen LogP contribution is -2.44. The second-order valence-electron chi connectivity index (χ2n) is 8.49. The number of hydrogen-bond acceptors (Lipinski definition) is 5. The largest absolute Gasteiger partial charge is 0.349 e. The third-order valence-corrected chi connectivity index (χ3v) is 6.18. The van der Waals surface area contributed by atoms with Crippen molar-refractivity contribution in [1.29, 1.82) is 0 Å². The van der Waals surface area contributed by atoms with Crippen LogP contribution < -0.4 is 5.32 Å². The molecule has 0 aliphatic carbocycles. The molecule has 1 aliphatic rings. The monoisotopic (exact) mass is 444 g/mol. The van der Waals surface area contributed by atoms with Gasteiger partial charge in [0.05, 0.1) is 22.3 Å². The van der Waals surface area contributed by atoms with E-state index in [1.54, 1.807) is 31.2 Å². The number of hydrogen-bond donors (Lipinski definition) is 1. The summed E-state index contributed by atoms with van der Waals surface area (Å²) < 4.78 is 19.7. The molecule has 4 aromatic rings. The fourth-order valence-electron chi connectivity index (χ4n) is 4.42. The van der Waals surface area contributed by atoms with Gasteiger partial charge in [0.2, 0.25) is 0 Å². The van der Waals surface area contributed by atoms with E-state index in [4.69, 9.17) is 4.52 Å². The third kappa shape index (κ3) is 4.50. The Hall–Kier alpha value is -3.58. The summed E-state index contributed by atoms with van der Waals surface area (Å²) in [5.41, 5.74) is 3.18. The number of aromatic nitrogens is 2. The molecule has 5 rings (SSSR count). The summed E-state index contributed by atoms with van der Waals surface area (Å²) in [5, 5.41) is 7.70. The molecule has 1 fully saturated rings. The van der Waals surface area contributed by atoms with E-state index < -0.39 is 5.82 Å². The fourth-order valence-corrected chi connectivity index (χ4v) is 4.42. The van der Waals surface area contributed by atoms with Gasteiger partial charge in [-0.25, -0.2) is 9.37 Å². The number of piperidine rings is 1. The van der Waals surface area contributed by atoms with Gasteiger partial charge in [-0.05, 0) is 43.5 Å². The highest BCUT2D eigenvalue weighted by atomic mass is 19.1. The molecule has 0 radical (unpaired) electrons. The predicted molar refractivity (Wildman–Crippen MR) is 124 cm³/mol. The zero-order valence-electron chi connectivity index (χ0n) is 18.4. The molecular formula is C26H25FN4O2. The summed E-state index contributed by atoms with van der Waals surface area (Å²) >= 11 is 0. The van der Waals surface area contributed by atoms with Crippen LogP contribution in [0.15, 0.2) is 65.2 Å². The Morgan fingerprint density at radius 1 is 1.12 bits per heavy atom. The van der Waals surface area contributed by atoms with Crippen molar-refractivity contribution in [1.82, 2.24) is 20.4 Å². The molecule has 2 aromatic carbocycles. The highest BCUT2D eigenvalue weighted by Crippen LogP contribution is 2.28. The van der Waals surface area contributed by atoms with Crippen molar-refractivity contribution in [3.8, 4) is 11.3 Å². The minimum Gasteiger partial charge on any atom is -0.349 e. The summed E-state index contributed by atoms with van der Waals surface area (Å²) in [5.74, 6) is -0.620. The highest BCUT2D eigenvalue weighted by molar-refractivity contribution is 6.07. The van der Waals surface area contributed by atoms with E-state index in [2.05, 4.69) is 44.6 Å². The Morgan fingerprint density at radius 2 is 1.85 bits per heavy atom. The number of carbonyl (C=O) groups excluding carboxylic acids is 1. The maximum atomic E-state index is 14.4. The van der Waals surface area contributed by atoms with Crippen molar-refractivity contribution in [3.63, 3.8) is 0 Å². The molecule has 0 saturated carbocycles. The molecule has 7 heteroatoms. The van der Waals surface area contributed by atoms with Crippen LogP contribution in [0.4, 0.5) is 4.39 Å². The normalized spacial score (nSPS) is 15.1. The molecule has 1 N–H and O–H groups in total. The first-order valence-electron chi connectivity index (χ1n) is 11.2. The number of rotatable bonds is 5. The molecule has 0 atom stereocenters. The molecule has 33 heavy (non-hydrogen) atoms. The number of fused-ring (bicyclic) bond motifs is 1. The van der Waals surface area contributed by atoms with Crippen LogP contribution in [0.25, 0.3) is 22.4 Å². The first kappa shape index (κ1) is 21.3. The molecule has 0 bridgehead atoms. The van der Waals surface area contributed by atoms with E-state index in [-0.39, 0.29) is 17.7 Å². The van der Waals surface area contributed by atoms with Crippen LogP contribution in [0.2, 0.25) is 0 Å². The van der Waals surface area contributed by atoms with E-state index >= 15 is 0 Å². The van der Waals surface area contributed by atoms with E-state index in [1.807, 2.05) is 6.07 Å². The number of halogens is 1. The lowest BCUT2D eigenvalue weighted by molar-refractivity contribution is 0.0910. The van der Waals surface area contributed by atoms with Crippen molar-refractivity contribution in [3.05, 3.63) is 83.3 Å². The van der Waals surface area contributed by atoms with Crippen molar-refractivity contribution in [2.75, 3.05) is 13.1 Å². The molecule has 168 valence electrons. The van der Waals surface area contributed by atoms with Gasteiger partial charge in [-0.2, -0.15) is 0 Å². The topological polar surface area (TPSA) is 71.3 Å². The molecular weight excluding hydrogens is 419 g/mol. The maximum absolute atomic E-state index is 14.4. The van der Waals surface area contributed by atoms with Crippen molar-refractivity contribution < 1.29 is 13.7 Å². The quantitative estimate of drug-likeness (QED) is 0.482. The van der Waals surface area contributed by atoms with E-state index in [1.165, 1.54) is 11.6 Å². The molecule has 3 heterocycles. The summed E-state index contributed by atoms with van der Waals surface area (Å²) in [7, 11) is 0. The Labute approximate surface area is 191 Å². The van der Waals surface area contributed by atoms with Crippen LogP contribution >= 0.6 is 0 Å². The van der Waals surface area contributed by atoms with E-state index in [0.29, 0.717) is 27.9 Å². The summed E-state index contributed by atoms with van der Waals surface area (Å²) in [6.07, 6.45) is 1.74. The molecule has 6 nitrogen and oxygen atoms in total. The summed E-state index contributed by atoms with van der Waals surface area (Å²) in [4.78, 5) is 20.1. The number of pyridine rings is 1. The Kier molecular flexibility index (Phi) is 5.88. The van der Waals surface area contributed by atoms with E-state index in [9.17, 15) is 9.18 Å². The summed E-state index contributed by atoms with van der Waals surface area (Å²) in [6.45, 7) is 4.52. The van der Waals surface area contributed by atoms with Crippen molar-refractivity contribution in [2.24, 2.45) is 0 Å². The van der Waals surface area contributed by atoms with Crippen molar-refractivity contribution in [2.45, 2.75) is 32.4 Å². The first-order chi connectivity index (χ1) is 16.1. The minimum absolute atomic E-state index is 0.0739. The lowest BCUT2D eigenvalue weighted by Gasteiger charge is -2.32. The van der Waals surface area contributed by atoms with Crippen LogP contribution in [0.5, 0.6) is 0 Å². The fraction of sp³-hybridized carbons (Fsp3) is 0.269. The number of amides is 1. The molecule has 1 saturated heterocycles. The number of aryl methyl sites for hydroxylation is 1. The number of nitrogens with zero attached hydrogens (tertiary/aromatic N) is 3. The van der Waals surface area contributed by atoms with Crippen LogP contribution in [-0.4, -0.2) is 40.1 Å². The van der Waals surface area contributed by atoms with E-state index in [0.717, 1.165) is 32.5 Å². The SMILES string of the molecule is Cc1noc2nc(-c3ccccc3F)cc(C(=O)NC3CCN(Cc4ccccc4)CC3)c12. The second kappa shape index (κ2) is 9.11. The zero-order chi connectivity index (χ0) is 22.8. The molecule has 1 amide bonds. The number of likely N-dealkylation sites (tertiary alicyclic amines) is 1.